The molecule has 0 aliphatic rings. The molecule has 1 aromatic heterocycles. The SMILES string of the molecule is CN(Cc1cccs1)c1cccc(F)c1C=O. The molecular formula is C13H12FNOS. The van der Waals surface area contributed by atoms with Crippen LogP contribution in [0.1, 0.15) is 15.2 Å². The first kappa shape index (κ1) is 11.8. The van der Waals surface area contributed by atoms with Crippen molar-refractivity contribution in [1.82, 2.24) is 0 Å². The summed E-state index contributed by atoms with van der Waals surface area (Å²) in [4.78, 5) is 13.9. The van der Waals surface area contributed by atoms with Gasteiger partial charge in [-0.1, -0.05) is 12.1 Å². The quantitative estimate of drug-likeness (QED) is 0.775. The molecule has 0 aliphatic carbocycles. The number of halogens is 1. The summed E-state index contributed by atoms with van der Waals surface area (Å²) in [6.45, 7) is 0.669. The fourth-order valence-corrected chi connectivity index (χ4v) is 2.45. The van der Waals surface area contributed by atoms with Gasteiger partial charge in [0.1, 0.15) is 5.82 Å². The predicted molar refractivity (Wildman–Crippen MR) is 68.2 cm³/mol. The van der Waals surface area contributed by atoms with Crippen molar-refractivity contribution >= 4 is 23.3 Å². The number of aldehydes is 1. The molecule has 17 heavy (non-hydrogen) atoms. The van der Waals surface area contributed by atoms with Crippen LogP contribution in [0, 0.1) is 5.82 Å². The lowest BCUT2D eigenvalue weighted by Gasteiger charge is -2.20. The van der Waals surface area contributed by atoms with Crippen molar-refractivity contribution < 1.29 is 9.18 Å². The number of carbonyl (C=O) groups is 1. The maximum Gasteiger partial charge on any atom is 0.155 e. The number of anilines is 1. The Morgan fingerprint density at radius 2 is 2.18 bits per heavy atom. The Balaban J connectivity index is 2.27. The zero-order valence-corrected chi connectivity index (χ0v) is 10.2. The Hall–Kier alpha value is -1.68. The summed E-state index contributed by atoms with van der Waals surface area (Å²) < 4.78 is 13.4. The fourth-order valence-electron chi connectivity index (χ4n) is 1.70. The van der Waals surface area contributed by atoms with E-state index in [-0.39, 0.29) is 5.56 Å². The molecule has 2 nitrogen and oxygen atoms in total. The highest BCUT2D eigenvalue weighted by molar-refractivity contribution is 7.09. The number of rotatable bonds is 4. The van der Waals surface area contributed by atoms with Crippen molar-refractivity contribution in [2.24, 2.45) is 0 Å². The van der Waals surface area contributed by atoms with E-state index in [1.807, 2.05) is 29.5 Å². The van der Waals surface area contributed by atoms with Crippen molar-refractivity contribution in [1.29, 1.82) is 0 Å². The molecule has 1 heterocycles. The molecular weight excluding hydrogens is 237 g/mol. The van der Waals surface area contributed by atoms with Crippen LogP contribution in [0.15, 0.2) is 35.7 Å². The molecule has 88 valence electrons. The van der Waals surface area contributed by atoms with Gasteiger partial charge in [-0.15, -0.1) is 11.3 Å². The Morgan fingerprint density at radius 1 is 1.35 bits per heavy atom. The summed E-state index contributed by atoms with van der Waals surface area (Å²) in [5.74, 6) is -0.476. The van der Waals surface area contributed by atoms with E-state index in [0.717, 1.165) is 0 Å². The zero-order chi connectivity index (χ0) is 12.3. The first-order valence-electron chi connectivity index (χ1n) is 5.19. The van der Waals surface area contributed by atoms with Crippen molar-refractivity contribution in [3.8, 4) is 0 Å². The number of carbonyl (C=O) groups excluding carboxylic acids is 1. The van der Waals surface area contributed by atoms with Crippen molar-refractivity contribution in [3.63, 3.8) is 0 Å². The van der Waals surface area contributed by atoms with Crippen LogP contribution >= 0.6 is 11.3 Å². The van der Waals surface area contributed by atoms with Crippen LogP contribution in [0.3, 0.4) is 0 Å². The minimum Gasteiger partial charge on any atom is -0.369 e. The van der Waals surface area contributed by atoms with E-state index in [0.29, 0.717) is 18.5 Å². The van der Waals surface area contributed by atoms with Gasteiger partial charge in [-0.25, -0.2) is 4.39 Å². The third-order valence-corrected chi connectivity index (χ3v) is 3.39. The number of thiophene rings is 1. The topological polar surface area (TPSA) is 20.3 Å². The maximum atomic E-state index is 13.4. The summed E-state index contributed by atoms with van der Waals surface area (Å²) in [6, 6.07) is 8.65. The average Bonchev–Trinajstić information content (AvgIpc) is 2.81. The standard InChI is InChI=1S/C13H12FNOS/c1-15(8-10-4-3-7-17-10)13-6-2-5-12(14)11(13)9-16/h2-7,9H,8H2,1H3. The molecule has 0 aliphatic heterocycles. The van der Waals surface area contributed by atoms with Crippen LogP contribution in [0.25, 0.3) is 0 Å². The van der Waals surface area contributed by atoms with Gasteiger partial charge in [0.05, 0.1) is 17.8 Å². The molecule has 0 radical (unpaired) electrons. The molecule has 4 heteroatoms. The van der Waals surface area contributed by atoms with E-state index < -0.39 is 5.82 Å². The van der Waals surface area contributed by atoms with Crippen LogP contribution < -0.4 is 4.90 Å². The molecule has 0 unspecified atom stereocenters. The van der Waals surface area contributed by atoms with Crippen LogP contribution in [0.4, 0.5) is 10.1 Å². The largest absolute Gasteiger partial charge is 0.369 e. The summed E-state index contributed by atoms with van der Waals surface area (Å²) in [7, 11) is 1.85. The Labute approximate surface area is 103 Å². The van der Waals surface area contributed by atoms with Gasteiger partial charge >= 0.3 is 0 Å². The van der Waals surface area contributed by atoms with E-state index >= 15 is 0 Å². The molecule has 0 amide bonds. The minimum absolute atomic E-state index is 0.117. The lowest BCUT2D eigenvalue weighted by atomic mass is 10.1. The molecule has 2 aromatic rings. The molecule has 2 rings (SSSR count). The monoisotopic (exact) mass is 249 g/mol. The number of hydrogen-bond donors (Lipinski definition) is 0. The summed E-state index contributed by atoms with van der Waals surface area (Å²) >= 11 is 1.64. The fraction of sp³-hybridized carbons (Fsp3) is 0.154. The molecule has 0 spiro atoms. The highest BCUT2D eigenvalue weighted by Gasteiger charge is 2.11. The second kappa shape index (κ2) is 5.10. The van der Waals surface area contributed by atoms with E-state index in [2.05, 4.69) is 0 Å². The van der Waals surface area contributed by atoms with Crippen LogP contribution in [-0.2, 0) is 6.54 Å². The third-order valence-electron chi connectivity index (χ3n) is 2.53. The van der Waals surface area contributed by atoms with E-state index in [1.165, 1.54) is 10.9 Å². The Morgan fingerprint density at radius 3 is 2.82 bits per heavy atom. The van der Waals surface area contributed by atoms with E-state index in [4.69, 9.17) is 0 Å². The third kappa shape index (κ3) is 2.53. The van der Waals surface area contributed by atoms with Crippen LogP contribution in [0.2, 0.25) is 0 Å². The number of hydrogen-bond acceptors (Lipinski definition) is 3. The van der Waals surface area contributed by atoms with Crippen LogP contribution in [-0.4, -0.2) is 13.3 Å². The Bertz CT molecular complexity index is 510. The lowest BCUT2D eigenvalue weighted by Crippen LogP contribution is -2.17. The Kier molecular flexibility index (Phi) is 3.54. The normalized spacial score (nSPS) is 10.2. The van der Waals surface area contributed by atoms with Gasteiger partial charge < -0.3 is 4.90 Å². The zero-order valence-electron chi connectivity index (χ0n) is 9.39. The number of nitrogens with zero attached hydrogens (tertiary/aromatic N) is 1. The second-order valence-corrected chi connectivity index (χ2v) is 4.76. The summed E-state index contributed by atoms with van der Waals surface area (Å²) in [6.07, 6.45) is 0.565. The summed E-state index contributed by atoms with van der Waals surface area (Å²) in [5, 5.41) is 2.00. The van der Waals surface area contributed by atoms with Crippen molar-refractivity contribution in [2.75, 3.05) is 11.9 Å². The molecule has 0 atom stereocenters. The van der Waals surface area contributed by atoms with E-state index in [1.54, 1.807) is 23.5 Å². The molecule has 1 aromatic carbocycles. The molecule has 0 N–H and O–H groups in total. The predicted octanol–water partition coefficient (Wildman–Crippen LogP) is 3.34. The molecule has 0 saturated heterocycles. The van der Waals surface area contributed by atoms with Crippen LogP contribution in [0.5, 0.6) is 0 Å². The molecule has 0 fully saturated rings. The van der Waals surface area contributed by atoms with Gasteiger partial charge in [-0.05, 0) is 23.6 Å². The maximum absolute atomic E-state index is 13.4. The first-order valence-corrected chi connectivity index (χ1v) is 6.07. The van der Waals surface area contributed by atoms with Gasteiger partial charge in [0, 0.05) is 11.9 Å². The minimum atomic E-state index is -0.476. The van der Waals surface area contributed by atoms with Crippen molar-refractivity contribution in [2.45, 2.75) is 6.54 Å². The number of benzene rings is 1. The average molecular weight is 249 g/mol. The van der Waals surface area contributed by atoms with Gasteiger partial charge in [0.2, 0.25) is 0 Å². The summed E-state index contributed by atoms with van der Waals surface area (Å²) in [5.41, 5.74) is 0.736. The smallest absolute Gasteiger partial charge is 0.155 e. The van der Waals surface area contributed by atoms with Gasteiger partial charge in [0.25, 0.3) is 0 Å². The highest BCUT2D eigenvalue weighted by Crippen LogP contribution is 2.23. The second-order valence-electron chi connectivity index (χ2n) is 3.73. The van der Waals surface area contributed by atoms with Gasteiger partial charge in [0.15, 0.2) is 6.29 Å². The lowest BCUT2D eigenvalue weighted by molar-refractivity contribution is 0.112. The first-order chi connectivity index (χ1) is 8.22. The van der Waals surface area contributed by atoms with Crippen molar-refractivity contribution in [3.05, 3.63) is 52.0 Å². The van der Waals surface area contributed by atoms with E-state index in [9.17, 15) is 9.18 Å². The highest BCUT2D eigenvalue weighted by atomic mass is 32.1. The van der Waals surface area contributed by atoms with Gasteiger partial charge in [-0.3, -0.25) is 4.79 Å². The molecule has 0 bridgehead atoms. The molecule has 0 saturated carbocycles. The van der Waals surface area contributed by atoms with Gasteiger partial charge in [-0.2, -0.15) is 0 Å².